The molecule has 2 rings (SSSR count). The number of unbranched alkanes of at least 4 members (excludes halogenated alkanes) is 3. The van der Waals surface area contributed by atoms with Crippen LogP contribution in [-0.2, 0) is 0 Å². The summed E-state index contributed by atoms with van der Waals surface area (Å²) in [6.45, 7) is 2.25. The Morgan fingerprint density at radius 2 is 1.73 bits per heavy atom. The van der Waals surface area contributed by atoms with Crippen LogP contribution in [0, 0.1) is 0 Å². The van der Waals surface area contributed by atoms with E-state index in [0.717, 1.165) is 5.69 Å². The van der Waals surface area contributed by atoms with Gasteiger partial charge in [0.15, 0.2) is 0 Å². The van der Waals surface area contributed by atoms with Crippen LogP contribution in [0.2, 0.25) is 0 Å². The standard InChI is InChI=1S/C19H24N2S/c1-2-3-4-10-15-22-19-14-9-8-11-17(19)16-20-21-18-12-6-5-7-13-18/h5-9,11-14,16,21H,2-4,10,15H2,1H3. The summed E-state index contributed by atoms with van der Waals surface area (Å²) in [5.41, 5.74) is 5.24. The highest BCUT2D eigenvalue weighted by Gasteiger charge is 2.00. The number of nitrogens with one attached hydrogen (secondary N) is 1. The molecule has 0 aliphatic rings. The molecule has 0 saturated carbocycles. The minimum Gasteiger partial charge on any atom is -0.279 e. The van der Waals surface area contributed by atoms with Crippen molar-refractivity contribution in [3.8, 4) is 0 Å². The van der Waals surface area contributed by atoms with E-state index in [1.54, 1.807) is 0 Å². The third kappa shape index (κ3) is 5.94. The molecule has 0 bridgehead atoms. The molecule has 0 unspecified atom stereocenters. The molecule has 2 aromatic carbocycles. The minimum absolute atomic E-state index is 1.00. The molecule has 116 valence electrons. The number of nitrogens with zero attached hydrogens (tertiary/aromatic N) is 1. The maximum atomic E-state index is 4.34. The molecule has 2 nitrogen and oxygen atoms in total. The molecule has 0 spiro atoms. The first kappa shape index (κ1) is 16.6. The lowest BCUT2D eigenvalue weighted by atomic mass is 10.2. The maximum absolute atomic E-state index is 4.34. The normalized spacial score (nSPS) is 11.0. The molecule has 22 heavy (non-hydrogen) atoms. The van der Waals surface area contributed by atoms with Crippen LogP contribution in [0.1, 0.15) is 38.2 Å². The predicted molar refractivity (Wildman–Crippen MR) is 99.0 cm³/mol. The highest BCUT2D eigenvalue weighted by molar-refractivity contribution is 7.99. The van der Waals surface area contributed by atoms with Crippen molar-refractivity contribution in [2.75, 3.05) is 11.2 Å². The monoisotopic (exact) mass is 312 g/mol. The largest absolute Gasteiger partial charge is 0.279 e. The van der Waals surface area contributed by atoms with Crippen LogP contribution in [0.15, 0.2) is 64.6 Å². The van der Waals surface area contributed by atoms with Gasteiger partial charge in [0.25, 0.3) is 0 Å². The number of rotatable bonds is 9. The van der Waals surface area contributed by atoms with Crippen LogP contribution < -0.4 is 5.43 Å². The Kier molecular flexibility index (Phi) is 7.61. The van der Waals surface area contributed by atoms with Gasteiger partial charge in [0.2, 0.25) is 0 Å². The van der Waals surface area contributed by atoms with Crippen molar-refractivity contribution in [2.24, 2.45) is 5.10 Å². The fraction of sp³-hybridized carbons (Fsp3) is 0.316. The van der Waals surface area contributed by atoms with Crippen molar-refractivity contribution in [3.63, 3.8) is 0 Å². The van der Waals surface area contributed by atoms with Crippen LogP contribution in [0.5, 0.6) is 0 Å². The van der Waals surface area contributed by atoms with E-state index in [9.17, 15) is 0 Å². The second-order valence-electron chi connectivity index (χ2n) is 5.18. The van der Waals surface area contributed by atoms with Gasteiger partial charge in [0, 0.05) is 10.5 Å². The van der Waals surface area contributed by atoms with Crippen LogP contribution >= 0.6 is 11.8 Å². The van der Waals surface area contributed by atoms with E-state index in [4.69, 9.17) is 0 Å². The lowest BCUT2D eigenvalue weighted by molar-refractivity contribution is 0.706. The highest BCUT2D eigenvalue weighted by Crippen LogP contribution is 2.23. The zero-order valence-corrected chi connectivity index (χ0v) is 14.0. The average molecular weight is 312 g/mol. The zero-order chi connectivity index (χ0) is 15.5. The summed E-state index contributed by atoms with van der Waals surface area (Å²) in [4.78, 5) is 1.30. The van der Waals surface area contributed by atoms with Gasteiger partial charge in [0.1, 0.15) is 0 Å². The highest BCUT2D eigenvalue weighted by atomic mass is 32.2. The molecule has 0 amide bonds. The lowest BCUT2D eigenvalue weighted by Crippen LogP contribution is -1.92. The Morgan fingerprint density at radius 1 is 0.955 bits per heavy atom. The molecule has 0 fully saturated rings. The van der Waals surface area contributed by atoms with E-state index in [2.05, 4.69) is 41.7 Å². The maximum Gasteiger partial charge on any atom is 0.0561 e. The van der Waals surface area contributed by atoms with Crippen molar-refractivity contribution in [2.45, 2.75) is 37.5 Å². The molecule has 0 saturated heterocycles. The van der Waals surface area contributed by atoms with E-state index in [0.29, 0.717) is 0 Å². The average Bonchev–Trinajstić information content (AvgIpc) is 2.57. The van der Waals surface area contributed by atoms with Gasteiger partial charge in [-0.15, -0.1) is 11.8 Å². The zero-order valence-electron chi connectivity index (χ0n) is 13.2. The summed E-state index contributed by atoms with van der Waals surface area (Å²) >= 11 is 1.92. The number of para-hydroxylation sites is 1. The van der Waals surface area contributed by atoms with Gasteiger partial charge in [-0.25, -0.2) is 0 Å². The van der Waals surface area contributed by atoms with E-state index < -0.39 is 0 Å². The van der Waals surface area contributed by atoms with Gasteiger partial charge in [-0.3, -0.25) is 5.43 Å². The minimum atomic E-state index is 1.00. The Hall–Kier alpha value is -1.74. The van der Waals surface area contributed by atoms with E-state index in [1.807, 2.05) is 48.3 Å². The molecule has 0 aliphatic heterocycles. The van der Waals surface area contributed by atoms with E-state index >= 15 is 0 Å². The van der Waals surface area contributed by atoms with Crippen LogP contribution in [0.25, 0.3) is 0 Å². The van der Waals surface area contributed by atoms with Crippen molar-refractivity contribution in [3.05, 3.63) is 60.2 Å². The lowest BCUT2D eigenvalue weighted by Gasteiger charge is -2.05. The number of hydrogen-bond acceptors (Lipinski definition) is 3. The van der Waals surface area contributed by atoms with E-state index in [-0.39, 0.29) is 0 Å². The Labute approximate surface area is 138 Å². The number of anilines is 1. The summed E-state index contributed by atoms with van der Waals surface area (Å²) in [5, 5.41) is 4.34. The number of benzene rings is 2. The van der Waals surface area contributed by atoms with Crippen LogP contribution in [-0.4, -0.2) is 12.0 Å². The molecular formula is C19H24N2S. The van der Waals surface area contributed by atoms with Crippen molar-refractivity contribution in [1.82, 2.24) is 0 Å². The Bertz CT molecular complexity index is 567. The molecule has 0 heterocycles. The first-order valence-electron chi connectivity index (χ1n) is 7.96. The van der Waals surface area contributed by atoms with Gasteiger partial charge in [-0.1, -0.05) is 62.6 Å². The summed E-state index contributed by atoms with van der Waals surface area (Å²) < 4.78 is 0. The summed E-state index contributed by atoms with van der Waals surface area (Å²) in [5.74, 6) is 1.18. The van der Waals surface area contributed by atoms with E-state index in [1.165, 1.54) is 41.9 Å². The summed E-state index contributed by atoms with van der Waals surface area (Å²) in [7, 11) is 0. The number of hydrogen-bond donors (Lipinski definition) is 1. The van der Waals surface area contributed by atoms with Crippen LogP contribution in [0.3, 0.4) is 0 Å². The molecular weight excluding hydrogens is 288 g/mol. The summed E-state index contributed by atoms with van der Waals surface area (Å²) in [6.07, 6.45) is 7.15. The van der Waals surface area contributed by atoms with Gasteiger partial charge in [-0.05, 0) is 30.4 Å². The van der Waals surface area contributed by atoms with Crippen molar-refractivity contribution in [1.29, 1.82) is 0 Å². The Balaban J connectivity index is 1.87. The molecule has 0 radical (unpaired) electrons. The quantitative estimate of drug-likeness (QED) is 0.274. The SMILES string of the molecule is CCCCCCSc1ccccc1C=NNc1ccccc1. The van der Waals surface area contributed by atoms with Crippen molar-refractivity contribution < 1.29 is 0 Å². The van der Waals surface area contributed by atoms with Gasteiger partial charge in [0.05, 0.1) is 11.9 Å². The van der Waals surface area contributed by atoms with Crippen LogP contribution in [0.4, 0.5) is 5.69 Å². The predicted octanol–water partition coefficient (Wildman–Crippen LogP) is 5.81. The molecule has 2 aromatic rings. The third-order valence-electron chi connectivity index (χ3n) is 3.35. The second-order valence-corrected chi connectivity index (χ2v) is 6.32. The fourth-order valence-electron chi connectivity index (χ4n) is 2.12. The first-order chi connectivity index (χ1) is 10.9. The summed E-state index contributed by atoms with van der Waals surface area (Å²) in [6, 6.07) is 18.5. The van der Waals surface area contributed by atoms with Gasteiger partial charge < -0.3 is 0 Å². The molecule has 0 aromatic heterocycles. The molecule has 1 N–H and O–H groups in total. The second kappa shape index (κ2) is 10.1. The topological polar surface area (TPSA) is 24.4 Å². The smallest absolute Gasteiger partial charge is 0.0561 e. The molecule has 3 heteroatoms. The van der Waals surface area contributed by atoms with Gasteiger partial charge in [-0.2, -0.15) is 5.10 Å². The Morgan fingerprint density at radius 3 is 2.55 bits per heavy atom. The fourth-order valence-corrected chi connectivity index (χ4v) is 3.15. The first-order valence-corrected chi connectivity index (χ1v) is 8.94. The van der Waals surface area contributed by atoms with Gasteiger partial charge >= 0.3 is 0 Å². The number of hydrazone groups is 1. The molecule has 0 aliphatic carbocycles. The van der Waals surface area contributed by atoms with Crippen molar-refractivity contribution >= 4 is 23.7 Å². The number of thioether (sulfide) groups is 1. The molecule has 0 atom stereocenters. The third-order valence-corrected chi connectivity index (χ3v) is 4.52.